The van der Waals surface area contributed by atoms with Crippen molar-refractivity contribution in [1.82, 2.24) is 0 Å². The molecular formula is C14H22N2O. The van der Waals surface area contributed by atoms with Gasteiger partial charge in [0.2, 0.25) is 0 Å². The van der Waals surface area contributed by atoms with Gasteiger partial charge in [-0.15, -0.1) is 0 Å². The summed E-state index contributed by atoms with van der Waals surface area (Å²) >= 11 is 0. The van der Waals surface area contributed by atoms with Crippen molar-refractivity contribution in [3.8, 4) is 5.75 Å². The minimum Gasteiger partial charge on any atom is -0.495 e. The predicted molar refractivity (Wildman–Crippen MR) is 71.6 cm³/mol. The van der Waals surface area contributed by atoms with Crippen LogP contribution in [0.2, 0.25) is 0 Å². The van der Waals surface area contributed by atoms with Crippen molar-refractivity contribution in [2.75, 3.05) is 31.6 Å². The van der Waals surface area contributed by atoms with Gasteiger partial charge < -0.3 is 15.4 Å². The maximum atomic E-state index is 5.61. The zero-order valence-corrected chi connectivity index (χ0v) is 10.6. The minimum atomic E-state index is 0.746. The molecule has 1 saturated carbocycles. The third-order valence-corrected chi connectivity index (χ3v) is 3.23. The Balaban J connectivity index is 2.10. The molecule has 0 unspecified atom stereocenters. The molecule has 0 atom stereocenters. The SMILES string of the molecule is COc1ccccc1N(CCCN)CC1CC1. The summed E-state index contributed by atoms with van der Waals surface area (Å²) in [5.41, 5.74) is 6.82. The van der Waals surface area contributed by atoms with E-state index in [1.54, 1.807) is 7.11 Å². The number of ether oxygens (including phenoxy) is 1. The molecule has 3 heteroatoms. The van der Waals surface area contributed by atoms with Crippen molar-refractivity contribution < 1.29 is 4.74 Å². The molecule has 0 bridgehead atoms. The molecule has 2 N–H and O–H groups in total. The van der Waals surface area contributed by atoms with Crippen LogP contribution >= 0.6 is 0 Å². The van der Waals surface area contributed by atoms with Crippen LogP contribution in [0.1, 0.15) is 19.3 Å². The first-order chi connectivity index (χ1) is 8.35. The van der Waals surface area contributed by atoms with E-state index in [0.29, 0.717) is 0 Å². The predicted octanol–water partition coefficient (Wildman–Crippen LogP) is 2.26. The molecule has 1 aliphatic rings. The van der Waals surface area contributed by atoms with E-state index in [4.69, 9.17) is 10.5 Å². The van der Waals surface area contributed by atoms with Crippen LogP contribution in [0, 0.1) is 5.92 Å². The summed E-state index contributed by atoms with van der Waals surface area (Å²) in [6.45, 7) is 2.91. The van der Waals surface area contributed by atoms with E-state index in [9.17, 15) is 0 Å². The van der Waals surface area contributed by atoms with Gasteiger partial charge in [-0.1, -0.05) is 12.1 Å². The molecule has 17 heavy (non-hydrogen) atoms. The van der Waals surface area contributed by atoms with E-state index in [2.05, 4.69) is 17.0 Å². The van der Waals surface area contributed by atoms with Crippen LogP contribution in [0.4, 0.5) is 5.69 Å². The number of hydrogen-bond donors (Lipinski definition) is 1. The second-order valence-electron chi connectivity index (χ2n) is 4.70. The van der Waals surface area contributed by atoms with Crippen molar-refractivity contribution in [2.24, 2.45) is 11.7 Å². The summed E-state index contributed by atoms with van der Waals surface area (Å²) in [5, 5.41) is 0. The molecule has 0 aliphatic heterocycles. The standard InChI is InChI=1S/C14H22N2O/c1-17-14-6-3-2-5-13(14)16(10-4-9-15)11-12-7-8-12/h2-3,5-6,12H,4,7-11,15H2,1H3. The maximum absolute atomic E-state index is 5.61. The van der Waals surface area contributed by atoms with Gasteiger partial charge in [-0.3, -0.25) is 0 Å². The molecule has 1 aliphatic carbocycles. The van der Waals surface area contributed by atoms with E-state index in [0.717, 1.165) is 37.7 Å². The van der Waals surface area contributed by atoms with Gasteiger partial charge in [-0.2, -0.15) is 0 Å². The molecular weight excluding hydrogens is 212 g/mol. The highest BCUT2D eigenvalue weighted by Crippen LogP contribution is 2.34. The highest BCUT2D eigenvalue weighted by atomic mass is 16.5. The largest absolute Gasteiger partial charge is 0.495 e. The molecule has 0 aromatic heterocycles. The van der Waals surface area contributed by atoms with Crippen LogP contribution in [0.3, 0.4) is 0 Å². The fourth-order valence-corrected chi connectivity index (χ4v) is 2.10. The van der Waals surface area contributed by atoms with Crippen LogP contribution in [0.15, 0.2) is 24.3 Å². The fraction of sp³-hybridized carbons (Fsp3) is 0.571. The number of rotatable bonds is 7. The van der Waals surface area contributed by atoms with Crippen LogP contribution < -0.4 is 15.4 Å². The number of methoxy groups -OCH3 is 1. The molecule has 1 fully saturated rings. The van der Waals surface area contributed by atoms with E-state index < -0.39 is 0 Å². The van der Waals surface area contributed by atoms with E-state index in [1.165, 1.54) is 18.5 Å². The van der Waals surface area contributed by atoms with Crippen LogP contribution in [0.5, 0.6) is 5.75 Å². The Hall–Kier alpha value is -1.22. The van der Waals surface area contributed by atoms with Crippen LogP contribution in [-0.2, 0) is 0 Å². The Morgan fingerprint density at radius 2 is 2.12 bits per heavy atom. The van der Waals surface area contributed by atoms with Crippen molar-refractivity contribution >= 4 is 5.69 Å². The van der Waals surface area contributed by atoms with Crippen LogP contribution in [0.25, 0.3) is 0 Å². The van der Waals surface area contributed by atoms with Gasteiger partial charge >= 0.3 is 0 Å². The van der Waals surface area contributed by atoms with Crippen molar-refractivity contribution in [2.45, 2.75) is 19.3 Å². The summed E-state index contributed by atoms with van der Waals surface area (Å²) in [6.07, 6.45) is 3.77. The Morgan fingerprint density at radius 3 is 2.76 bits per heavy atom. The Bertz CT molecular complexity index is 350. The van der Waals surface area contributed by atoms with Gasteiger partial charge in [0.1, 0.15) is 5.75 Å². The Kier molecular flexibility index (Phi) is 4.26. The third kappa shape index (κ3) is 3.37. The van der Waals surface area contributed by atoms with Gasteiger partial charge in [-0.05, 0) is 43.9 Å². The lowest BCUT2D eigenvalue weighted by Crippen LogP contribution is -2.28. The van der Waals surface area contributed by atoms with Crippen molar-refractivity contribution in [1.29, 1.82) is 0 Å². The summed E-state index contributed by atoms with van der Waals surface area (Å²) in [7, 11) is 1.73. The number of benzene rings is 1. The summed E-state index contributed by atoms with van der Waals surface area (Å²) in [5.74, 6) is 1.84. The van der Waals surface area contributed by atoms with E-state index in [-0.39, 0.29) is 0 Å². The molecule has 1 aromatic rings. The van der Waals surface area contributed by atoms with Gasteiger partial charge in [0.25, 0.3) is 0 Å². The minimum absolute atomic E-state index is 0.746. The molecule has 0 heterocycles. The monoisotopic (exact) mass is 234 g/mol. The lowest BCUT2D eigenvalue weighted by Gasteiger charge is -2.26. The average Bonchev–Trinajstić information content (AvgIpc) is 3.18. The molecule has 3 nitrogen and oxygen atoms in total. The molecule has 0 radical (unpaired) electrons. The quantitative estimate of drug-likeness (QED) is 0.786. The number of nitrogens with two attached hydrogens (primary N) is 1. The zero-order chi connectivity index (χ0) is 12.1. The highest BCUT2D eigenvalue weighted by Gasteiger charge is 2.25. The Morgan fingerprint density at radius 1 is 1.35 bits per heavy atom. The highest BCUT2D eigenvalue weighted by molar-refractivity contribution is 5.58. The first-order valence-electron chi connectivity index (χ1n) is 6.43. The van der Waals surface area contributed by atoms with Crippen LogP contribution in [-0.4, -0.2) is 26.7 Å². The summed E-state index contributed by atoms with van der Waals surface area (Å²) in [6, 6.07) is 8.25. The molecule has 1 aromatic carbocycles. The Labute approximate surface area is 104 Å². The molecule has 94 valence electrons. The number of para-hydroxylation sites is 2. The third-order valence-electron chi connectivity index (χ3n) is 3.23. The molecule has 0 spiro atoms. The van der Waals surface area contributed by atoms with Gasteiger partial charge in [0.15, 0.2) is 0 Å². The van der Waals surface area contributed by atoms with E-state index >= 15 is 0 Å². The second-order valence-corrected chi connectivity index (χ2v) is 4.70. The summed E-state index contributed by atoms with van der Waals surface area (Å²) < 4.78 is 5.44. The topological polar surface area (TPSA) is 38.5 Å². The van der Waals surface area contributed by atoms with Gasteiger partial charge in [-0.25, -0.2) is 0 Å². The smallest absolute Gasteiger partial charge is 0.142 e. The first-order valence-corrected chi connectivity index (χ1v) is 6.43. The summed E-state index contributed by atoms with van der Waals surface area (Å²) in [4.78, 5) is 2.42. The molecule has 2 rings (SSSR count). The van der Waals surface area contributed by atoms with E-state index in [1.807, 2.05) is 12.1 Å². The molecule has 0 amide bonds. The normalized spacial score (nSPS) is 14.7. The number of anilines is 1. The fourth-order valence-electron chi connectivity index (χ4n) is 2.10. The zero-order valence-electron chi connectivity index (χ0n) is 10.6. The maximum Gasteiger partial charge on any atom is 0.142 e. The first kappa shape index (κ1) is 12.2. The average molecular weight is 234 g/mol. The lowest BCUT2D eigenvalue weighted by molar-refractivity contribution is 0.414. The second kappa shape index (κ2) is 5.92. The number of nitrogens with zero attached hydrogens (tertiary/aromatic N) is 1. The molecule has 0 saturated heterocycles. The van der Waals surface area contributed by atoms with Crippen molar-refractivity contribution in [3.63, 3.8) is 0 Å². The van der Waals surface area contributed by atoms with Gasteiger partial charge in [0, 0.05) is 13.1 Å². The number of hydrogen-bond acceptors (Lipinski definition) is 3. The van der Waals surface area contributed by atoms with Gasteiger partial charge in [0.05, 0.1) is 12.8 Å². The van der Waals surface area contributed by atoms with Crippen molar-refractivity contribution in [3.05, 3.63) is 24.3 Å². The lowest BCUT2D eigenvalue weighted by atomic mass is 10.2.